The Morgan fingerprint density at radius 2 is 1.78 bits per heavy atom. The molecule has 0 bridgehead atoms. The van der Waals surface area contributed by atoms with Gasteiger partial charge in [0, 0.05) is 23.1 Å². The van der Waals surface area contributed by atoms with E-state index in [0.29, 0.717) is 5.02 Å². The van der Waals surface area contributed by atoms with Crippen LogP contribution in [-0.4, -0.2) is 20.1 Å². The minimum Gasteiger partial charge on any atom is -0.396 e. The number of hydrogen-bond donors (Lipinski definition) is 1. The summed E-state index contributed by atoms with van der Waals surface area (Å²) in [4.78, 5) is 0.0492. The second-order valence-electron chi connectivity index (χ2n) is 5.60. The third-order valence-electron chi connectivity index (χ3n) is 3.74. The quantitative estimate of drug-likeness (QED) is 0.883. The summed E-state index contributed by atoms with van der Waals surface area (Å²) in [6.07, 6.45) is 0. The van der Waals surface area contributed by atoms with Crippen molar-refractivity contribution in [2.45, 2.75) is 24.0 Å². The molecule has 2 unspecified atom stereocenters. The number of halogens is 2. The van der Waals surface area contributed by atoms with E-state index in [1.54, 1.807) is 19.9 Å². The Labute approximate surface area is 140 Å². The lowest BCUT2D eigenvalue weighted by atomic mass is 9.99. The highest BCUT2D eigenvalue weighted by Crippen LogP contribution is 2.37. The summed E-state index contributed by atoms with van der Waals surface area (Å²) < 4.78 is 40.2. The lowest BCUT2D eigenvalue weighted by Gasteiger charge is -2.24. The molecule has 0 aliphatic heterocycles. The summed E-state index contributed by atoms with van der Waals surface area (Å²) in [7, 11) is -3.88. The zero-order chi connectivity index (χ0) is 17.2. The molecule has 0 aliphatic carbocycles. The van der Waals surface area contributed by atoms with E-state index >= 15 is 0 Å². The number of hydrogen-bond acceptors (Lipinski definition) is 3. The summed E-state index contributed by atoms with van der Waals surface area (Å²) in [6, 6.07) is 10.1. The summed E-state index contributed by atoms with van der Waals surface area (Å²) in [5.74, 6) is -1.26. The highest BCUT2D eigenvalue weighted by Gasteiger charge is 2.35. The van der Waals surface area contributed by atoms with Crippen molar-refractivity contribution in [3.63, 3.8) is 0 Å². The number of rotatable bonds is 5. The molecule has 23 heavy (non-hydrogen) atoms. The first-order valence-corrected chi connectivity index (χ1v) is 9.06. The van der Waals surface area contributed by atoms with E-state index in [-0.39, 0.29) is 17.1 Å². The van der Waals surface area contributed by atoms with Crippen LogP contribution in [0.25, 0.3) is 0 Å². The Morgan fingerprint density at radius 3 is 2.35 bits per heavy atom. The maximum Gasteiger partial charge on any atom is 0.185 e. The van der Waals surface area contributed by atoms with Gasteiger partial charge in [0.25, 0.3) is 0 Å². The minimum absolute atomic E-state index is 0.0492. The van der Waals surface area contributed by atoms with Gasteiger partial charge in [-0.1, -0.05) is 36.2 Å². The van der Waals surface area contributed by atoms with Gasteiger partial charge >= 0.3 is 0 Å². The van der Waals surface area contributed by atoms with E-state index in [4.69, 9.17) is 11.6 Å². The van der Waals surface area contributed by atoms with Gasteiger partial charge < -0.3 is 5.11 Å². The Bertz CT molecular complexity index is 788. The number of aryl methyl sites for hydroxylation is 1. The maximum atomic E-state index is 14.3. The van der Waals surface area contributed by atoms with Crippen molar-refractivity contribution < 1.29 is 17.9 Å². The van der Waals surface area contributed by atoms with Crippen LogP contribution in [0.5, 0.6) is 0 Å². The van der Waals surface area contributed by atoms with E-state index < -0.39 is 26.8 Å². The first-order valence-electron chi connectivity index (χ1n) is 7.13. The van der Waals surface area contributed by atoms with Gasteiger partial charge in [-0.05, 0) is 37.3 Å². The van der Waals surface area contributed by atoms with Gasteiger partial charge in [0.05, 0.1) is 10.1 Å². The molecule has 0 amide bonds. The lowest BCUT2D eigenvalue weighted by Crippen LogP contribution is -2.24. The van der Waals surface area contributed by atoms with Crippen LogP contribution in [0.15, 0.2) is 47.4 Å². The molecule has 3 nitrogen and oxygen atoms in total. The molecule has 0 saturated carbocycles. The maximum absolute atomic E-state index is 14.3. The second-order valence-corrected chi connectivity index (χ2v) is 8.11. The Kier molecular flexibility index (Phi) is 5.45. The zero-order valence-electron chi connectivity index (χ0n) is 12.8. The largest absolute Gasteiger partial charge is 0.396 e. The summed E-state index contributed by atoms with van der Waals surface area (Å²) >= 11 is 5.80. The van der Waals surface area contributed by atoms with Crippen LogP contribution in [0, 0.1) is 18.7 Å². The van der Waals surface area contributed by atoms with Crippen molar-refractivity contribution in [2.24, 2.45) is 5.92 Å². The number of sulfone groups is 1. The first-order chi connectivity index (χ1) is 10.8. The molecule has 6 heteroatoms. The first kappa shape index (κ1) is 17.9. The average Bonchev–Trinajstić information content (AvgIpc) is 2.51. The molecule has 1 N–H and O–H groups in total. The lowest BCUT2D eigenvalue weighted by molar-refractivity contribution is 0.231. The second kappa shape index (κ2) is 6.99. The van der Waals surface area contributed by atoms with Crippen LogP contribution in [0.1, 0.15) is 23.3 Å². The van der Waals surface area contributed by atoms with Crippen LogP contribution >= 0.6 is 11.6 Å². The van der Waals surface area contributed by atoms with Gasteiger partial charge in [-0.2, -0.15) is 0 Å². The molecule has 2 atom stereocenters. The Hall–Kier alpha value is -1.43. The van der Waals surface area contributed by atoms with Gasteiger partial charge in [0.15, 0.2) is 9.84 Å². The fourth-order valence-electron chi connectivity index (χ4n) is 2.53. The molecule has 0 spiro atoms. The van der Waals surface area contributed by atoms with Gasteiger partial charge in [0.2, 0.25) is 0 Å². The standard InChI is InChI=1S/C17H18ClFO3S/c1-11-3-8-16(19)15(9-11)17(12(2)10-20)23(21,22)14-6-4-13(18)5-7-14/h3-9,12,17,20H,10H2,1-2H3. The number of aliphatic hydroxyl groups is 1. The molecule has 0 radical (unpaired) electrons. The van der Waals surface area contributed by atoms with Gasteiger partial charge in [0.1, 0.15) is 5.82 Å². The van der Waals surface area contributed by atoms with Gasteiger partial charge in [-0.15, -0.1) is 0 Å². The van der Waals surface area contributed by atoms with Crippen LogP contribution in [0.2, 0.25) is 5.02 Å². The molecular formula is C17H18ClFO3S. The summed E-state index contributed by atoms with van der Waals surface area (Å²) in [5.41, 5.74) is 0.823. The van der Waals surface area contributed by atoms with Crippen molar-refractivity contribution >= 4 is 21.4 Å². The highest BCUT2D eigenvalue weighted by molar-refractivity contribution is 7.91. The van der Waals surface area contributed by atoms with E-state index in [1.807, 2.05) is 0 Å². The monoisotopic (exact) mass is 356 g/mol. The number of benzene rings is 2. The summed E-state index contributed by atoms with van der Waals surface area (Å²) in [6.45, 7) is 2.98. The molecule has 0 heterocycles. The topological polar surface area (TPSA) is 54.4 Å². The molecular weight excluding hydrogens is 339 g/mol. The van der Waals surface area contributed by atoms with Crippen molar-refractivity contribution in [1.29, 1.82) is 0 Å². The number of aliphatic hydroxyl groups excluding tert-OH is 1. The van der Waals surface area contributed by atoms with E-state index in [9.17, 15) is 17.9 Å². The molecule has 0 saturated heterocycles. The SMILES string of the molecule is Cc1ccc(F)c(C(C(C)CO)S(=O)(=O)c2ccc(Cl)cc2)c1. The predicted molar refractivity (Wildman–Crippen MR) is 88.8 cm³/mol. The average molecular weight is 357 g/mol. The molecule has 124 valence electrons. The zero-order valence-corrected chi connectivity index (χ0v) is 14.4. The smallest absolute Gasteiger partial charge is 0.185 e. The summed E-state index contributed by atoms with van der Waals surface area (Å²) in [5, 5.41) is 8.71. The Balaban J connectivity index is 2.63. The van der Waals surface area contributed by atoms with Crippen LogP contribution in [-0.2, 0) is 9.84 Å². The van der Waals surface area contributed by atoms with E-state index in [0.717, 1.165) is 5.56 Å². The highest BCUT2D eigenvalue weighted by atomic mass is 35.5. The third kappa shape index (κ3) is 3.74. The van der Waals surface area contributed by atoms with E-state index in [1.165, 1.54) is 36.4 Å². The normalized spacial score (nSPS) is 14.5. The predicted octanol–water partition coefficient (Wildman–Crippen LogP) is 3.93. The molecule has 2 aromatic carbocycles. The van der Waals surface area contributed by atoms with Crippen molar-refractivity contribution in [3.8, 4) is 0 Å². The van der Waals surface area contributed by atoms with Gasteiger partial charge in [-0.25, -0.2) is 12.8 Å². The van der Waals surface area contributed by atoms with Crippen molar-refractivity contribution in [2.75, 3.05) is 6.61 Å². The fourth-order valence-corrected chi connectivity index (χ4v) is 4.67. The van der Waals surface area contributed by atoms with Crippen LogP contribution in [0.4, 0.5) is 4.39 Å². The fraction of sp³-hybridized carbons (Fsp3) is 0.294. The Morgan fingerprint density at radius 1 is 1.17 bits per heavy atom. The molecule has 2 aromatic rings. The van der Waals surface area contributed by atoms with Crippen molar-refractivity contribution in [3.05, 3.63) is 64.4 Å². The van der Waals surface area contributed by atoms with Crippen LogP contribution in [0.3, 0.4) is 0 Å². The molecule has 0 aromatic heterocycles. The van der Waals surface area contributed by atoms with Crippen LogP contribution < -0.4 is 0 Å². The minimum atomic E-state index is -3.88. The van der Waals surface area contributed by atoms with Gasteiger partial charge in [-0.3, -0.25) is 0 Å². The van der Waals surface area contributed by atoms with E-state index in [2.05, 4.69) is 0 Å². The van der Waals surface area contributed by atoms with Crippen molar-refractivity contribution in [1.82, 2.24) is 0 Å². The third-order valence-corrected chi connectivity index (χ3v) is 6.31. The molecule has 0 fully saturated rings. The molecule has 2 rings (SSSR count). The molecule has 0 aliphatic rings.